The molecule has 0 aliphatic heterocycles. The highest BCUT2D eigenvalue weighted by Crippen LogP contribution is 2.29. The average Bonchev–Trinajstić information content (AvgIpc) is 2.49. The van der Waals surface area contributed by atoms with Gasteiger partial charge in [-0.2, -0.15) is 0 Å². The number of esters is 2. The number of rotatable bonds is 6. The summed E-state index contributed by atoms with van der Waals surface area (Å²) in [5, 5.41) is 0. The first-order chi connectivity index (χ1) is 10.2. The molecule has 0 radical (unpaired) electrons. The average molecular weight is 306 g/mol. The van der Waals surface area contributed by atoms with Gasteiger partial charge in [0.25, 0.3) is 0 Å². The number of benzene rings is 1. The van der Waals surface area contributed by atoms with Crippen molar-refractivity contribution in [3.63, 3.8) is 0 Å². The van der Waals surface area contributed by atoms with Crippen LogP contribution in [0.25, 0.3) is 0 Å². The normalized spacial score (nSPS) is 14.4. The smallest absolute Gasteiger partial charge is 0.331 e. The Bertz CT molecular complexity index is 549. The van der Waals surface area contributed by atoms with Crippen LogP contribution in [0.2, 0.25) is 0 Å². The van der Waals surface area contributed by atoms with Gasteiger partial charge in [0.2, 0.25) is 0 Å². The summed E-state index contributed by atoms with van der Waals surface area (Å²) in [5.74, 6) is -1.70. The number of nitrogens with two attached hydrogens (primary N) is 2. The summed E-state index contributed by atoms with van der Waals surface area (Å²) < 4.78 is 10.1. The fraction of sp³-hybridized carbons (Fsp3) is 0.375. The highest BCUT2D eigenvalue weighted by atomic mass is 16.6. The number of ether oxygens (including phenoxy) is 2. The predicted octanol–water partition coefficient (Wildman–Crippen LogP) is 1.45. The lowest BCUT2D eigenvalue weighted by Crippen LogP contribution is -2.66. The Morgan fingerprint density at radius 3 is 2.23 bits per heavy atom. The topological polar surface area (TPSA) is 105 Å². The third-order valence-electron chi connectivity index (χ3n) is 3.42. The van der Waals surface area contributed by atoms with Crippen LogP contribution in [-0.4, -0.2) is 17.6 Å². The van der Waals surface area contributed by atoms with Crippen LogP contribution in [0.5, 0.6) is 0 Å². The molecule has 6 heteroatoms. The van der Waals surface area contributed by atoms with Gasteiger partial charge in [0.05, 0.1) is 11.9 Å². The third kappa shape index (κ3) is 3.93. The van der Waals surface area contributed by atoms with Crippen molar-refractivity contribution in [2.75, 3.05) is 0 Å². The van der Waals surface area contributed by atoms with Crippen molar-refractivity contribution in [3.05, 3.63) is 48.2 Å². The second-order valence-electron chi connectivity index (χ2n) is 5.34. The van der Waals surface area contributed by atoms with Gasteiger partial charge in [-0.1, -0.05) is 36.4 Å². The Kier molecular flexibility index (Phi) is 5.84. The maximum absolute atomic E-state index is 12.4. The minimum Gasteiger partial charge on any atom is -0.460 e. The summed E-state index contributed by atoms with van der Waals surface area (Å²) in [4.78, 5) is 24.6. The molecular weight excluding hydrogens is 284 g/mol. The second-order valence-corrected chi connectivity index (χ2v) is 5.34. The molecule has 1 atom stereocenters. The number of allylic oxidation sites excluding steroid dienone is 1. The highest BCUT2D eigenvalue weighted by Gasteiger charge is 2.55. The van der Waals surface area contributed by atoms with Gasteiger partial charge in [-0.15, -0.1) is 0 Å². The van der Waals surface area contributed by atoms with E-state index in [-0.39, 0.29) is 6.61 Å². The van der Waals surface area contributed by atoms with Gasteiger partial charge in [-0.25, -0.2) is 0 Å². The molecule has 6 nitrogen and oxygen atoms in total. The van der Waals surface area contributed by atoms with Crippen molar-refractivity contribution in [2.24, 2.45) is 16.9 Å². The van der Waals surface area contributed by atoms with Crippen LogP contribution >= 0.6 is 0 Å². The summed E-state index contributed by atoms with van der Waals surface area (Å²) in [7, 11) is 0. The molecule has 0 saturated carbocycles. The van der Waals surface area contributed by atoms with Gasteiger partial charge in [0.1, 0.15) is 6.61 Å². The molecule has 0 fully saturated rings. The molecule has 1 unspecified atom stereocenters. The van der Waals surface area contributed by atoms with E-state index in [0.717, 1.165) is 11.8 Å². The third-order valence-corrected chi connectivity index (χ3v) is 3.42. The van der Waals surface area contributed by atoms with Crippen LogP contribution in [0.3, 0.4) is 0 Å². The van der Waals surface area contributed by atoms with E-state index in [9.17, 15) is 9.59 Å². The van der Waals surface area contributed by atoms with Gasteiger partial charge >= 0.3 is 11.9 Å². The Hall–Kier alpha value is -2.18. The van der Waals surface area contributed by atoms with Crippen molar-refractivity contribution in [1.29, 1.82) is 0 Å². The Morgan fingerprint density at radius 2 is 1.73 bits per heavy atom. The van der Waals surface area contributed by atoms with Gasteiger partial charge < -0.3 is 20.9 Å². The minimum absolute atomic E-state index is 0.0161. The lowest BCUT2D eigenvalue weighted by molar-refractivity contribution is -0.174. The minimum atomic E-state index is -1.83. The van der Waals surface area contributed by atoms with Gasteiger partial charge in [-0.05, 0) is 26.3 Å². The van der Waals surface area contributed by atoms with E-state index in [1.165, 1.54) is 19.9 Å². The lowest BCUT2D eigenvalue weighted by atomic mass is 9.78. The Labute approximate surface area is 130 Å². The van der Waals surface area contributed by atoms with Crippen molar-refractivity contribution in [3.8, 4) is 0 Å². The first-order valence-corrected chi connectivity index (χ1v) is 6.84. The van der Waals surface area contributed by atoms with Crippen molar-refractivity contribution >= 4 is 11.9 Å². The summed E-state index contributed by atoms with van der Waals surface area (Å²) in [6, 6.07) is 9.08. The molecule has 120 valence electrons. The highest BCUT2D eigenvalue weighted by molar-refractivity contribution is 6.01. The molecule has 0 heterocycles. The predicted molar refractivity (Wildman–Crippen MR) is 82.0 cm³/mol. The van der Waals surface area contributed by atoms with Crippen LogP contribution in [-0.2, 0) is 25.7 Å². The largest absolute Gasteiger partial charge is 0.460 e. The maximum Gasteiger partial charge on any atom is 0.331 e. The van der Waals surface area contributed by atoms with E-state index in [2.05, 4.69) is 0 Å². The number of hydrogen-bond donors (Lipinski definition) is 2. The molecule has 1 rings (SSSR count). The quantitative estimate of drug-likeness (QED) is 0.357. The van der Waals surface area contributed by atoms with E-state index in [1.54, 1.807) is 19.1 Å². The molecular formula is C16H22N2O4. The fourth-order valence-electron chi connectivity index (χ4n) is 1.64. The van der Waals surface area contributed by atoms with Crippen LogP contribution in [0.15, 0.2) is 42.7 Å². The van der Waals surface area contributed by atoms with E-state index < -0.39 is 23.0 Å². The first kappa shape index (κ1) is 17.9. The van der Waals surface area contributed by atoms with Crippen LogP contribution < -0.4 is 11.5 Å². The monoisotopic (exact) mass is 306 g/mol. The summed E-state index contributed by atoms with van der Waals surface area (Å²) in [6.07, 6.45) is 2.68. The number of carbonyl (C=O) groups excluding carboxylic acids is 2. The Morgan fingerprint density at radius 1 is 1.14 bits per heavy atom. The van der Waals surface area contributed by atoms with E-state index >= 15 is 0 Å². The maximum atomic E-state index is 12.4. The molecule has 0 bridgehead atoms. The molecule has 0 aliphatic rings. The summed E-state index contributed by atoms with van der Waals surface area (Å²) >= 11 is 0. The molecule has 0 saturated heterocycles. The molecule has 0 amide bonds. The van der Waals surface area contributed by atoms with E-state index in [1.807, 2.05) is 18.2 Å². The first-order valence-electron chi connectivity index (χ1n) is 6.84. The van der Waals surface area contributed by atoms with Crippen LogP contribution in [0.1, 0.15) is 26.3 Å². The Balaban J connectivity index is 2.92. The fourth-order valence-corrected chi connectivity index (χ4v) is 1.64. The number of hydrogen-bond acceptors (Lipinski definition) is 6. The SMILES string of the molecule is CC=COC(=O)C(C)(C(=O)OCc1ccccc1)C(C)(N)N. The molecule has 0 aliphatic carbocycles. The van der Waals surface area contributed by atoms with Crippen LogP contribution in [0, 0.1) is 5.41 Å². The van der Waals surface area contributed by atoms with Crippen LogP contribution in [0.4, 0.5) is 0 Å². The molecule has 0 aromatic heterocycles. The van der Waals surface area contributed by atoms with Crippen molar-refractivity contribution in [2.45, 2.75) is 33.0 Å². The lowest BCUT2D eigenvalue weighted by Gasteiger charge is -2.35. The zero-order chi connectivity index (χ0) is 16.8. The zero-order valence-corrected chi connectivity index (χ0v) is 13.0. The van der Waals surface area contributed by atoms with Crippen molar-refractivity contribution < 1.29 is 19.1 Å². The summed E-state index contributed by atoms with van der Waals surface area (Å²) in [6.45, 7) is 4.37. The second kappa shape index (κ2) is 7.20. The molecule has 22 heavy (non-hydrogen) atoms. The van der Waals surface area contributed by atoms with Crippen molar-refractivity contribution in [1.82, 2.24) is 0 Å². The summed E-state index contributed by atoms with van der Waals surface area (Å²) in [5.41, 5.74) is 8.93. The molecule has 1 aromatic rings. The van der Waals surface area contributed by atoms with E-state index in [0.29, 0.717) is 0 Å². The standard InChI is InChI=1S/C16H22N2O4/c1-4-10-21-13(19)15(2,16(3,17)18)14(20)22-11-12-8-6-5-7-9-12/h4-10H,11,17-18H2,1-3H3. The molecule has 1 aromatic carbocycles. The zero-order valence-electron chi connectivity index (χ0n) is 13.0. The van der Waals surface area contributed by atoms with Gasteiger partial charge in [0, 0.05) is 0 Å². The molecule has 4 N–H and O–H groups in total. The number of carbonyl (C=O) groups is 2. The van der Waals surface area contributed by atoms with Gasteiger partial charge in [-0.3, -0.25) is 9.59 Å². The van der Waals surface area contributed by atoms with E-state index in [4.69, 9.17) is 20.9 Å². The molecule has 0 spiro atoms. The van der Waals surface area contributed by atoms with Gasteiger partial charge in [0.15, 0.2) is 5.41 Å².